The molecule has 2 atom stereocenters. The number of halogens is 3. The van der Waals surface area contributed by atoms with Crippen LogP contribution in [0.2, 0.25) is 0 Å². The van der Waals surface area contributed by atoms with Crippen molar-refractivity contribution in [3.63, 3.8) is 0 Å². The zero-order valence-corrected chi connectivity index (χ0v) is 7.80. The molecule has 0 radical (unpaired) electrons. The molecule has 1 fully saturated rings. The lowest BCUT2D eigenvalue weighted by atomic mass is 9.89. The highest BCUT2D eigenvalue weighted by atomic mass is 19.2. The summed E-state index contributed by atoms with van der Waals surface area (Å²) < 4.78 is 38.5. The van der Waals surface area contributed by atoms with Crippen molar-refractivity contribution in [3.8, 4) is 0 Å². The lowest BCUT2D eigenvalue weighted by Gasteiger charge is -2.33. The van der Waals surface area contributed by atoms with Crippen LogP contribution in [0.5, 0.6) is 0 Å². The summed E-state index contributed by atoms with van der Waals surface area (Å²) in [4.78, 5) is 0. The number of anilines is 1. The summed E-state index contributed by atoms with van der Waals surface area (Å²) in [6, 6.07) is 1.70. The van der Waals surface area contributed by atoms with Crippen LogP contribution in [-0.2, 0) is 0 Å². The Hall–Kier alpha value is -1.23. The van der Waals surface area contributed by atoms with E-state index >= 15 is 0 Å². The van der Waals surface area contributed by atoms with Gasteiger partial charge in [0.05, 0.1) is 17.8 Å². The smallest absolute Gasteiger partial charge is 0.196 e. The van der Waals surface area contributed by atoms with Crippen LogP contribution in [0.1, 0.15) is 12.8 Å². The molecule has 1 aliphatic carbocycles. The fraction of sp³-hybridized carbons (Fsp3) is 0.400. The number of benzene rings is 1. The van der Waals surface area contributed by atoms with Gasteiger partial charge < -0.3 is 10.4 Å². The zero-order valence-electron chi connectivity index (χ0n) is 7.80. The first-order chi connectivity index (χ1) is 7.09. The molecule has 0 aliphatic heterocycles. The molecule has 2 rings (SSSR count). The Morgan fingerprint density at radius 2 is 1.87 bits per heavy atom. The van der Waals surface area contributed by atoms with E-state index in [-0.39, 0.29) is 11.7 Å². The van der Waals surface area contributed by atoms with Crippen molar-refractivity contribution in [1.29, 1.82) is 0 Å². The number of nitrogens with one attached hydrogen (secondary N) is 1. The van der Waals surface area contributed by atoms with Crippen LogP contribution < -0.4 is 5.32 Å². The Balaban J connectivity index is 2.18. The first-order valence-electron chi connectivity index (χ1n) is 4.67. The third kappa shape index (κ3) is 1.79. The van der Waals surface area contributed by atoms with Crippen LogP contribution in [0, 0.1) is 17.5 Å². The normalized spacial score (nSPS) is 24.8. The van der Waals surface area contributed by atoms with E-state index < -0.39 is 23.6 Å². The van der Waals surface area contributed by atoms with Crippen LogP contribution in [0.25, 0.3) is 0 Å². The van der Waals surface area contributed by atoms with Crippen LogP contribution in [0.15, 0.2) is 12.1 Å². The average molecular weight is 217 g/mol. The zero-order chi connectivity index (χ0) is 11.0. The van der Waals surface area contributed by atoms with Gasteiger partial charge in [0.1, 0.15) is 0 Å². The van der Waals surface area contributed by atoms with Crippen LogP contribution in [-0.4, -0.2) is 17.3 Å². The van der Waals surface area contributed by atoms with Gasteiger partial charge in [-0.25, -0.2) is 13.2 Å². The number of aliphatic hydroxyl groups excluding tert-OH is 1. The molecule has 0 saturated heterocycles. The third-order valence-corrected chi connectivity index (χ3v) is 2.61. The molecule has 5 heteroatoms. The molecule has 1 aliphatic rings. The Morgan fingerprint density at radius 1 is 1.13 bits per heavy atom. The standard InChI is InChI=1S/C10H10F3NO/c11-5-1-2-7(10(13)9(5)12)14-6-3-4-8(6)15/h1-2,6,8,14-15H,3-4H2/t6-,8-/m0/s1. The molecule has 1 aromatic carbocycles. The average Bonchev–Trinajstić information content (AvgIpc) is 2.23. The van der Waals surface area contributed by atoms with Crippen LogP contribution in [0.4, 0.5) is 18.9 Å². The molecule has 0 unspecified atom stereocenters. The second-order valence-electron chi connectivity index (χ2n) is 3.62. The summed E-state index contributed by atoms with van der Waals surface area (Å²) in [6.45, 7) is 0. The van der Waals surface area contributed by atoms with Crippen molar-refractivity contribution in [3.05, 3.63) is 29.6 Å². The Morgan fingerprint density at radius 3 is 2.40 bits per heavy atom. The topological polar surface area (TPSA) is 32.3 Å². The van der Waals surface area contributed by atoms with E-state index in [1.807, 2.05) is 0 Å². The monoisotopic (exact) mass is 217 g/mol. The summed E-state index contributed by atoms with van der Waals surface area (Å²) in [6.07, 6.45) is 0.792. The fourth-order valence-corrected chi connectivity index (χ4v) is 1.49. The van der Waals surface area contributed by atoms with Gasteiger partial charge in [0.25, 0.3) is 0 Å². The highest BCUT2D eigenvalue weighted by Gasteiger charge is 2.29. The van der Waals surface area contributed by atoms with Crippen molar-refractivity contribution in [2.24, 2.45) is 0 Å². The summed E-state index contributed by atoms with van der Waals surface area (Å²) in [5.74, 6) is -3.95. The predicted octanol–water partition coefficient (Wildman–Crippen LogP) is 2.04. The first-order valence-corrected chi connectivity index (χ1v) is 4.67. The van der Waals surface area contributed by atoms with E-state index in [9.17, 15) is 18.3 Å². The molecule has 0 heterocycles. The van der Waals surface area contributed by atoms with Crippen molar-refractivity contribution in [1.82, 2.24) is 0 Å². The molecule has 0 spiro atoms. The highest BCUT2D eigenvalue weighted by molar-refractivity contribution is 5.46. The van der Waals surface area contributed by atoms with Gasteiger partial charge in [-0.1, -0.05) is 0 Å². The quantitative estimate of drug-likeness (QED) is 0.743. The lowest BCUT2D eigenvalue weighted by molar-refractivity contribution is 0.0784. The minimum atomic E-state index is -1.49. The van der Waals surface area contributed by atoms with Gasteiger partial charge in [0, 0.05) is 0 Å². The third-order valence-electron chi connectivity index (χ3n) is 2.61. The number of rotatable bonds is 2. The molecule has 2 nitrogen and oxygen atoms in total. The van der Waals surface area contributed by atoms with Gasteiger partial charge >= 0.3 is 0 Å². The summed E-state index contributed by atoms with van der Waals surface area (Å²) in [5, 5.41) is 11.9. The largest absolute Gasteiger partial charge is 0.391 e. The summed E-state index contributed by atoms with van der Waals surface area (Å²) >= 11 is 0. The fourth-order valence-electron chi connectivity index (χ4n) is 1.49. The van der Waals surface area contributed by atoms with Gasteiger partial charge in [-0.3, -0.25) is 0 Å². The Labute approximate surface area is 84.7 Å². The van der Waals surface area contributed by atoms with Gasteiger partial charge in [0.2, 0.25) is 0 Å². The van der Waals surface area contributed by atoms with Crippen molar-refractivity contribution in [2.45, 2.75) is 25.0 Å². The van der Waals surface area contributed by atoms with Gasteiger partial charge in [-0.05, 0) is 25.0 Å². The minimum absolute atomic E-state index is 0.113. The van der Waals surface area contributed by atoms with Gasteiger partial charge in [0.15, 0.2) is 17.5 Å². The Kier molecular flexibility index (Phi) is 2.56. The second kappa shape index (κ2) is 3.73. The van der Waals surface area contributed by atoms with Gasteiger partial charge in [-0.15, -0.1) is 0 Å². The molecule has 0 bridgehead atoms. The maximum absolute atomic E-state index is 13.2. The summed E-state index contributed by atoms with van der Waals surface area (Å²) in [7, 11) is 0. The molecular formula is C10H10F3NO. The second-order valence-corrected chi connectivity index (χ2v) is 3.62. The molecule has 1 aromatic rings. The number of hydrogen-bond donors (Lipinski definition) is 2. The van der Waals surface area contributed by atoms with E-state index in [1.165, 1.54) is 0 Å². The van der Waals surface area contributed by atoms with Crippen LogP contribution >= 0.6 is 0 Å². The minimum Gasteiger partial charge on any atom is -0.391 e. The lowest BCUT2D eigenvalue weighted by Crippen LogP contribution is -2.42. The van der Waals surface area contributed by atoms with E-state index in [1.54, 1.807) is 0 Å². The molecule has 0 aromatic heterocycles. The van der Waals surface area contributed by atoms with Crippen molar-refractivity contribution in [2.75, 3.05) is 5.32 Å². The maximum Gasteiger partial charge on any atom is 0.196 e. The van der Waals surface area contributed by atoms with Crippen LogP contribution in [0.3, 0.4) is 0 Å². The first kappa shape index (κ1) is 10.3. The number of hydrogen-bond acceptors (Lipinski definition) is 2. The molecule has 2 N–H and O–H groups in total. The number of aliphatic hydroxyl groups is 1. The predicted molar refractivity (Wildman–Crippen MR) is 49.0 cm³/mol. The summed E-state index contributed by atoms with van der Waals surface area (Å²) in [5.41, 5.74) is -0.113. The molecular weight excluding hydrogens is 207 g/mol. The van der Waals surface area contributed by atoms with Crippen molar-refractivity contribution < 1.29 is 18.3 Å². The van der Waals surface area contributed by atoms with Crippen molar-refractivity contribution >= 4 is 5.69 Å². The van der Waals surface area contributed by atoms with E-state index in [2.05, 4.69) is 5.32 Å². The molecule has 0 amide bonds. The SMILES string of the molecule is O[C@H]1CC[C@@H]1Nc1ccc(F)c(F)c1F. The molecule has 15 heavy (non-hydrogen) atoms. The van der Waals surface area contributed by atoms with E-state index in [0.717, 1.165) is 12.1 Å². The Bertz CT molecular complexity index is 383. The molecule has 1 saturated carbocycles. The van der Waals surface area contributed by atoms with Gasteiger partial charge in [-0.2, -0.15) is 0 Å². The molecule has 82 valence electrons. The maximum atomic E-state index is 13.2. The highest BCUT2D eigenvalue weighted by Crippen LogP contribution is 2.26. The van der Waals surface area contributed by atoms with E-state index in [4.69, 9.17) is 0 Å². The van der Waals surface area contributed by atoms with E-state index in [0.29, 0.717) is 12.8 Å².